The monoisotopic (exact) mass is 430 g/mol. The molecule has 3 fully saturated rings. The summed E-state index contributed by atoms with van der Waals surface area (Å²) < 4.78 is 0. The van der Waals surface area contributed by atoms with Crippen LogP contribution in [-0.4, -0.2) is 32.9 Å². The first-order chi connectivity index (χ1) is 14.4. The van der Waals surface area contributed by atoms with Crippen LogP contribution in [-0.2, 0) is 14.4 Å². The van der Waals surface area contributed by atoms with Gasteiger partial charge in [0.05, 0.1) is 5.41 Å². The number of hydrogen-bond donors (Lipinski definition) is 3. The summed E-state index contributed by atoms with van der Waals surface area (Å²) in [5, 5.41) is 30.5. The van der Waals surface area contributed by atoms with Crippen LogP contribution in [0.25, 0.3) is 0 Å². The van der Waals surface area contributed by atoms with Gasteiger partial charge in [-0.15, -0.1) is 0 Å². The number of carbonyl (C=O) groups excluding carboxylic acids is 2. The number of hydrogen-bond acceptors (Lipinski definition) is 5. The minimum absolute atomic E-state index is 0.00949. The Morgan fingerprint density at radius 2 is 1.84 bits per heavy atom. The molecular formula is C25H34O6. The zero-order valence-electron chi connectivity index (χ0n) is 18.9. The molecule has 6 heteroatoms. The lowest BCUT2D eigenvalue weighted by Crippen LogP contribution is -2.55. The lowest BCUT2D eigenvalue weighted by Gasteiger charge is -2.59. The topological polar surface area (TPSA) is 112 Å². The van der Waals surface area contributed by atoms with Gasteiger partial charge in [0.15, 0.2) is 0 Å². The molecule has 0 aromatic heterocycles. The van der Waals surface area contributed by atoms with Gasteiger partial charge in [-0.1, -0.05) is 19.4 Å². The molecule has 4 rings (SSSR count). The molecule has 0 aromatic rings. The molecule has 6 nitrogen and oxygen atoms in total. The van der Waals surface area contributed by atoms with E-state index in [2.05, 4.69) is 13.8 Å². The summed E-state index contributed by atoms with van der Waals surface area (Å²) in [5.74, 6) is -1.39. The Labute approximate surface area is 183 Å². The molecule has 31 heavy (non-hydrogen) atoms. The number of Topliss-reactive ketones (excluding diaryl/α,β-unsaturated/α-hetero) is 1. The summed E-state index contributed by atoms with van der Waals surface area (Å²) in [7, 11) is 0. The molecular weight excluding hydrogens is 396 g/mol. The molecule has 0 aliphatic heterocycles. The zero-order chi connectivity index (χ0) is 22.9. The van der Waals surface area contributed by atoms with Crippen molar-refractivity contribution in [2.45, 2.75) is 72.6 Å². The maximum absolute atomic E-state index is 13.1. The second-order valence-corrected chi connectivity index (χ2v) is 10.9. The maximum atomic E-state index is 13.1. The second-order valence-electron chi connectivity index (χ2n) is 10.9. The fourth-order valence-electron chi connectivity index (χ4n) is 8.58. The first-order valence-electron chi connectivity index (χ1n) is 11.5. The number of fused-ring (bicyclic) bond motifs is 5. The Morgan fingerprint density at radius 1 is 1.16 bits per heavy atom. The van der Waals surface area contributed by atoms with Gasteiger partial charge in [0.2, 0.25) is 11.5 Å². The van der Waals surface area contributed by atoms with Gasteiger partial charge in [0.1, 0.15) is 11.5 Å². The molecule has 0 heterocycles. The van der Waals surface area contributed by atoms with Crippen molar-refractivity contribution in [3.63, 3.8) is 0 Å². The summed E-state index contributed by atoms with van der Waals surface area (Å²) in [6.07, 6.45) is 5.83. The highest BCUT2D eigenvalue weighted by atomic mass is 16.4. The van der Waals surface area contributed by atoms with Crippen LogP contribution in [0.15, 0.2) is 23.2 Å². The molecule has 0 bridgehead atoms. The molecule has 0 unspecified atom stereocenters. The van der Waals surface area contributed by atoms with E-state index in [9.17, 15) is 29.7 Å². The second kappa shape index (κ2) is 6.94. The predicted octanol–water partition coefficient (Wildman–Crippen LogP) is 4.75. The fraction of sp³-hybridized carbons (Fsp3) is 0.720. The van der Waals surface area contributed by atoms with Gasteiger partial charge in [-0.3, -0.25) is 14.4 Å². The number of carboxylic acids is 1. The minimum Gasteiger partial charge on any atom is -0.507 e. The normalized spacial score (nSPS) is 44.3. The number of aliphatic hydroxyl groups excluding tert-OH is 2. The molecule has 0 spiro atoms. The van der Waals surface area contributed by atoms with Crippen molar-refractivity contribution in [1.82, 2.24) is 0 Å². The van der Waals surface area contributed by atoms with Crippen LogP contribution >= 0.6 is 0 Å². The highest BCUT2D eigenvalue weighted by Gasteiger charge is 2.68. The van der Waals surface area contributed by atoms with E-state index in [4.69, 9.17) is 0 Å². The van der Waals surface area contributed by atoms with E-state index in [1.165, 1.54) is 6.08 Å². The highest BCUT2D eigenvalue weighted by molar-refractivity contribution is 6.04. The third kappa shape index (κ3) is 2.66. The van der Waals surface area contributed by atoms with Crippen LogP contribution < -0.4 is 0 Å². The van der Waals surface area contributed by atoms with E-state index in [-0.39, 0.29) is 47.0 Å². The molecule has 0 aromatic carbocycles. The lowest BCUT2D eigenvalue weighted by molar-refractivity contribution is -0.148. The number of aliphatic hydroxyl groups is 2. The van der Waals surface area contributed by atoms with Gasteiger partial charge in [-0.25, -0.2) is 0 Å². The van der Waals surface area contributed by atoms with Crippen LogP contribution in [0.4, 0.5) is 0 Å². The van der Waals surface area contributed by atoms with E-state index in [1.54, 1.807) is 6.92 Å². The van der Waals surface area contributed by atoms with Gasteiger partial charge in [-0.05, 0) is 87.5 Å². The van der Waals surface area contributed by atoms with Crippen molar-refractivity contribution in [1.29, 1.82) is 0 Å². The third-order valence-corrected chi connectivity index (χ3v) is 10.1. The third-order valence-electron chi connectivity index (χ3n) is 10.1. The predicted molar refractivity (Wildman–Crippen MR) is 114 cm³/mol. The molecule has 170 valence electrons. The number of aliphatic carboxylic acids is 1. The van der Waals surface area contributed by atoms with E-state index in [0.29, 0.717) is 12.8 Å². The SMILES string of the molecule is CC(=O)[C@@]1(CCC(=O)O)[C@@H](C)C[C@H]2[C@@H]3CCC4=CC(=O)C(O)=C(O)[C@]4(C)[C@H]3CC[C@@]21C. The first-order valence-corrected chi connectivity index (χ1v) is 11.5. The van der Waals surface area contributed by atoms with Crippen LogP contribution in [0.1, 0.15) is 72.6 Å². The molecule has 4 aliphatic carbocycles. The Hall–Kier alpha value is -2.11. The number of carbonyl (C=O) groups is 3. The number of rotatable bonds is 4. The van der Waals surface area contributed by atoms with Crippen molar-refractivity contribution >= 4 is 17.5 Å². The van der Waals surface area contributed by atoms with E-state index < -0.39 is 28.3 Å². The lowest BCUT2D eigenvalue weighted by atomic mass is 9.44. The Morgan fingerprint density at radius 3 is 2.45 bits per heavy atom. The van der Waals surface area contributed by atoms with Crippen LogP contribution in [0.3, 0.4) is 0 Å². The summed E-state index contributed by atoms with van der Waals surface area (Å²) in [6.45, 7) is 7.85. The molecule has 0 radical (unpaired) electrons. The molecule has 3 saturated carbocycles. The zero-order valence-corrected chi connectivity index (χ0v) is 18.9. The van der Waals surface area contributed by atoms with Crippen LogP contribution in [0, 0.1) is 39.9 Å². The molecule has 3 N–H and O–H groups in total. The quantitative estimate of drug-likeness (QED) is 0.593. The number of allylic oxidation sites excluding steroid dienone is 2. The molecule has 0 amide bonds. The smallest absolute Gasteiger partial charge is 0.303 e. The van der Waals surface area contributed by atoms with Crippen LogP contribution in [0.2, 0.25) is 0 Å². The average molecular weight is 431 g/mol. The molecule has 4 aliphatic rings. The Balaban J connectivity index is 1.76. The molecule has 0 saturated heterocycles. The van der Waals surface area contributed by atoms with Crippen molar-refractivity contribution in [3.8, 4) is 0 Å². The van der Waals surface area contributed by atoms with Gasteiger partial charge in [0, 0.05) is 11.8 Å². The highest BCUT2D eigenvalue weighted by Crippen LogP contribution is 2.72. The van der Waals surface area contributed by atoms with Crippen molar-refractivity contribution in [2.75, 3.05) is 0 Å². The summed E-state index contributed by atoms with van der Waals surface area (Å²) in [5.41, 5.74) is -0.806. The van der Waals surface area contributed by atoms with Crippen molar-refractivity contribution < 1.29 is 29.7 Å². The fourth-order valence-corrected chi connectivity index (χ4v) is 8.58. The van der Waals surface area contributed by atoms with Crippen molar-refractivity contribution in [3.05, 3.63) is 23.2 Å². The standard InChI is InChI=1S/C25H34O6/c1-13-11-18-16-6-5-15-12-19(27)21(30)22(31)24(15,4)17(16)7-9-23(18,3)25(13,14(2)26)10-8-20(28)29/h12-13,16-18,30-31H,5-11H2,1-4H3,(H,28,29)/t13-,16+,17-,18-,23-,24-,25+/m0/s1. The minimum atomic E-state index is -0.870. The Bertz CT molecular complexity index is 915. The average Bonchev–Trinajstić information content (AvgIpc) is 2.93. The van der Waals surface area contributed by atoms with E-state index in [0.717, 1.165) is 31.3 Å². The van der Waals surface area contributed by atoms with E-state index in [1.807, 2.05) is 6.92 Å². The van der Waals surface area contributed by atoms with Gasteiger partial charge >= 0.3 is 5.97 Å². The maximum Gasteiger partial charge on any atom is 0.303 e. The van der Waals surface area contributed by atoms with Gasteiger partial charge < -0.3 is 15.3 Å². The van der Waals surface area contributed by atoms with Crippen LogP contribution in [0.5, 0.6) is 0 Å². The van der Waals surface area contributed by atoms with Gasteiger partial charge in [-0.2, -0.15) is 0 Å². The Kier molecular flexibility index (Phi) is 4.95. The van der Waals surface area contributed by atoms with Crippen molar-refractivity contribution in [2.24, 2.45) is 39.9 Å². The molecule has 7 atom stereocenters. The number of ketones is 2. The van der Waals surface area contributed by atoms with Gasteiger partial charge in [0.25, 0.3) is 0 Å². The summed E-state index contributed by atoms with van der Waals surface area (Å²) in [6, 6.07) is 0. The van der Waals surface area contributed by atoms with E-state index >= 15 is 0 Å². The summed E-state index contributed by atoms with van der Waals surface area (Å²) >= 11 is 0. The number of carboxylic acid groups (broad SMARTS) is 1. The summed E-state index contributed by atoms with van der Waals surface area (Å²) in [4.78, 5) is 36.6. The largest absolute Gasteiger partial charge is 0.507 e. The first kappa shape index (κ1) is 22.1.